The Balaban J connectivity index is 2.92. The number of hydrogen-bond acceptors (Lipinski definition) is 5. The van der Waals surface area contributed by atoms with Crippen LogP contribution >= 0.6 is 0 Å². The van der Waals surface area contributed by atoms with Crippen LogP contribution in [-0.2, 0) is 10.1 Å². The highest BCUT2D eigenvalue weighted by atomic mass is 32.2. The first kappa shape index (κ1) is 13.9. The van der Waals surface area contributed by atoms with Gasteiger partial charge in [0, 0.05) is 12.2 Å². The third-order valence-electron chi connectivity index (χ3n) is 2.25. The average Bonchev–Trinajstić information content (AvgIpc) is 2.26. The van der Waals surface area contributed by atoms with Crippen molar-refractivity contribution in [3.05, 3.63) is 23.8 Å². The lowest BCUT2D eigenvalue weighted by molar-refractivity contribution is 0.105. The molecule has 0 heterocycles. The maximum absolute atomic E-state index is 10.9. The second kappa shape index (κ2) is 5.46. The van der Waals surface area contributed by atoms with Crippen molar-refractivity contribution in [2.24, 2.45) is 0 Å². The highest BCUT2D eigenvalue weighted by Crippen LogP contribution is 2.19. The molecule has 0 aliphatic rings. The molecule has 17 heavy (non-hydrogen) atoms. The maximum Gasteiger partial charge on any atom is 0.294 e. The second-order valence-corrected chi connectivity index (χ2v) is 5.09. The van der Waals surface area contributed by atoms with E-state index in [9.17, 15) is 8.42 Å². The number of aliphatic hydroxyl groups is 2. The molecule has 0 aliphatic carbocycles. The van der Waals surface area contributed by atoms with Gasteiger partial charge in [-0.05, 0) is 24.6 Å². The Hall–Kier alpha value is -1.15. The molecule has 96 valence electrons. The smallest absolute Gasteiger partial charge is 0.294 e. The van der Waals surface area contributed by atoms with Gasteiger partial charge >= 0.3 is 0 Å². The Morgan fingerprint density at radius 1 is 1.41 bits per heavy atom. The van der Waals surface area contributed by atoms with E-state index in [0.717, 1.165) is 5.56 Å². The molecule has 1 aromatic carbocycles. The van der Waals surface area contributed by atoms with Gasteiger partial charge in [0.05, 0.1) is 17.6 Å². The molecule has 1 unspecified atom stereocenters. The molecule has 0 fully saturated rings. The SMILES string of the molecule is Cc1ccc(S(=O)(=O)O)cc1NCC(O)CO. The van der Waals surface area contributed by atoms with Gasteiger partial charge in [0.25, 0.3) is 10.1 Å². The van der Waals surface area contributed by atoms with E-state index < -0.39 is 16.2 Å². The van der Waals surface area contributed by atoms with Crippen molar-refractivity contribution in [1.29, 1.82) is 0 Å². The van der Waals surface area contributed by atoms with Crippen molar-refractivity contribution in [2.75, 3.05) is 18.5 Å². The first-order valence-corrected chi connectivity index (χ1v) is 6.39. The summed E-state index contributed by atoms with van der Waals surface area (Å²) in [6.07, 6.45) is -0.927. The number of anilines is 1. The van der Waals surface area contributed by atoms with Gasteiger partial charge in [0.1, 0.15) is 0 Å². The van der Waals surface area contributed by atoms with Crippen molar-refractivity contribution in [3.8, 4) is 0 Å². The predicted molar refractivity (Wildman–Crippen MR) is 62.6 cm³/mol. The van der Waals surface area contributed by atoms with E-state index in [1.54, 1.807) is 6.92 Å². The van der Waals surface area contributed by atoms with Crippen LogP contribution in [0.2, 0.25) is 0 Å². The van der Waals surface area contributed by atoms with Crippen LogP contribution in [0.15, 0.2) is 23.1 Å². The van der Waals surface area contributed by atoms with Crippen molar-refractivity contribution in [1.82, 2.24) is 0 Å². The van der Waals surface area contributed by atoms with Crippen molar-refractivity contribution >= 4 is 15.8 Å². The molecule has 6 nitrogen and oxygen atoms in total. The molecule has 0 saturated heterocycles. The summed E-state index contributed by atoms with van der Waals surface area (Å²) < 4.78 is 30.7. The number of hydrogen-bond donors (Lipinski definition) is 4. The Bertz CT molecular complexity index is 485. The normalized spacial score (nSPS) is 13.4. The summed E-state index contributed by atoms with van der Waals surface area (Å²) in [5.41, 5.74) is 1.25. The quantitative estimate of drug-likeness (QED) is 0.556. The largest absolute Gasteiger partial charge is 0.394 e. The Labute approximate surface area is 99.7 Å². The van der Waals surface area contributed by atoms with Crippen LogP contribution in [0.3, 0.4) is 0 Å². The molecule has 1 atom stereocenters. The topological polar surface area (TPSA) is 107 Å². The summed E-state index contributed by atoms with van der Waals surface area (Å²) in [5.74, 6) is 0. The molecular formula is C10H15NO5S. The molecule has 1 aromatic rings. The fourth-order valence-electron chi connectivity index (χ4n) is 1.24. The zero-order valence-electron chi connectivity index (χ0n) is 9.29. The van der Waals surface area contributed by atoms with Gasteiger partial charge in [-0.15, -0.1) is 0 Å². The summed E-state index contributed by atoms with van der Waals surface area (Å²) in [5, 5.41) is 20.6. The van der Waals surface area contributed by atoms with E-state index in [4.69, 9.17) is 14.8 Å². The minimum atomic E-state index is -4.24. The standard InChI is InChI=1S/C10H15NO5S/c1-7-2-3-9(17(14,15)16)4-10(7)11-5-8(13)6-12/h2-4,8,11-13H,5-6H2,1H3,(H,14,15,16). The third kappa shape index (κ3) is 3.97. The molecule has 7 heteroatoms. The highest BCUT2D eigenvalue weighted by molar-refractivity contribution is 7.85. The molecule has 0 spiro atoms. The second-order valence-electron chi connectivity index (χ2n) is 3.67. The molecule has 4 N–H and O–H groups in total. The summed E-state index contributed by atoms with van der Waals surface area (Å²) >= 11 is 0. The molecule has 0 radical (unpaired) electrons. The van der Waals surface area contributed by atoms with E-state index in [-0.39, 0.29) is 18.0 Å². The minimum absolute atomic E-state index is 0.0896. The molecule has 0 aliphatic heterocycles. The average molecular weight is 261 g/mol. The van der Waals surface area contributed by atoms with E-state index in [0.29, 0.717) is 5.69 Å². The molecule has 0 bridgehead atoms. The number of benzene rings is 1. The van der Waals surface area contributed by atoms with Crippen LogP contribution in [0, 0.1) is 6.92 Å². The summed E-state index contributed by atoms with van der Waals surface area (Å²) in [6, 6.07) is 4.10. The van der Waals surface area contributed by atoms with Crippen LogP contribution < -0.4 is 5.32 Å². The van der Waals surface area contributed by atoms with Crippen LogP contribution in [0.5, 0.6) is 0 Å². The van der Waals surface area contributed by atoms with Crippen LogP contribution in [0.1, 0.15) is 5.56 Å². The third-order valence-corrected chi connectivity index (χ3v) is 3.10. The highest BCUT2D eigenvalue weighted by Gasteiger charge is 2.11. The molecule has 0 aromatic heterocycles. The fourth-order valence-corrected chi connectivity index (χ4v) is 1.75. The van der Waals surface area contributed by atoms with Crippen LogP contribution in [-0.4, -0.2) is 42.4 Å². The first-order valence-electron chi connectivity index (χ1n) is 4.95. The molecule has 0 saturated carbocycles. The first-order chi connectivity index (χ1) is 7.84. The maximum atomic E-state index is 10.9. The number of aliphatic hydroxyl groups excluding tert-OH is 2. The number of aryl methyl sites for hydroxylation is 1. The number of rotatable bonds is 5. The minimum Gasteiger partial charge on any atom is -0.394 e. The lowest BCUT2D eigenvalue weighted by Crippen LogP contribution is -2.23. The van der Waals surface area contributed by atoms with Crippen molar-refractivity contribution < 1.29 is 23.2 Å². The lowest BCUT2D eigenvalue weighted by Gasteiger charge is -2.13. The Morgan fingerprint density at radius 2 is 2.06 bits per heavy atom. The number of nitrogens with one attached hydrogen (secondary N) is 1. The lowest BCUT2D eigenvalue weighted by atomic mass is 10.2. The van der Waals surface area contributed by atoms with Gasteiger partial charge in [-0.2, -0.15) is 8.42 Å². The van der Waals surface area contributed by atoms with Gasteiger partial charge in [-0.3, -0.25) is 4.55 Å². The van der Waals surface area contributed by atoms with E-state index in [1.807, 2.05) is 0 Å². The van der Waals surface area contributed by atoms with Crippen LogP contribution in [0.25, 0.3) is 0 Å². The van der Waals surface area contributed by atoms with Crippen LogP contribution in [0.4, 0.5) is 5.69 Å². The summed E-state index contributed by atoms with van der Waals surface area (Å²) in [7, 11) is -4.24. The molecule has 1 rings (SSSR count). The monoisotopic (exact) mass is 261 g/mol. The summed E-state index contributed by atoms with van der Waals surface area (Å²) in [4.78, 5) is -0.218. The van der Waals surface area contributed by atoms with Gasteiger partial charge in [-0.25, -0.2) is 0 Å². The van der Waals surface area contributed by atoms with Gasteiger partial charge < -0.3 is 15.5 Å². The zero-order chi connectivity index (χ0) is 13.1. The Kier molecular flexibility index (Phi) is 4.47. The predicted octanol–water partition coefficient (Wildman–Crippen LogP) is 0.00682. The van der Waals surface area contributed by atoms with Crippen molar-refractivity contribution in [3.63, 3.8) is 0 Å². The van der Waals surface area contributed by atoms with Crippen molar-refractivity contribution in [2.45, 2.75) is 17.9 Å². The molecular weight excluding hydrogens is 246 g/mol. The molecule has 0 amide bonds. The fraction of sp³-hybridized carbons (Fsp3) is 0.400. The van der Waals surface area contributed by atoms with Gasteiger partial charge in [0.15, 0.2) is 0 Å². The zero-order valence-corrected chi connectivity index (χ0v) is 10.1. The van der Waals surface area contributed by atoms with E-state index in [1.165, 1.54) is 18.2 Å². The van der Waals surface area contributed by atoms with Gasteiger partial charge in [-0.1, -0.05) is 6.07 Å². The van der Waals surface area contributed by atoms with Gasteiger partial charge in [0.2, 0.25) is 0 Å². The van der Waals surface area contributed by atoms with E-state index in [2.05, 4.69) is 5.32 Å². The Morgan fingerprint density at radius 3 is 2.59 bits per heavy atom. The van der Waals surface area contributed by atoms with E-state index >= 15 is 0 Å². The summed E-state index contributed by atoms with van der Waals surface area (Å²) in [6.45, 7) is 1.46.